The monoisotopic (exact) mass is 485 g/mol. The first-order valence-electron chi connectivity index (χ1n) is 11.3. The van der Waals surface area contributed by atoms with E-state index in [-0.39, 0.29) is 40.7 Å². The number of likely N-dealkylation sites (tertiary alicyclic amines) is 1. The average molecular weight is 485 g/mol. The number of halogens is 2. The molecule has 1 aliphatic heterocycles. The summed E-state index contributed by atoms with van der Waals surface area (Å²) in [6.07, 6.45) is 4.44. The van der Waals surface area contributed by atoms with Gasteiger partial charge in [0.2, 0.25) is 11.8 Å². The molecule has 1 atom stereocenters. The van der Waals surface area contributed by atoms with Crippen molar-refractivity contribution in [3.8, 4) is 34.6 Å². The van der Waals surface area contributed by atoms with Crippen molar-refractivity contribution in [2.24, 2.45) is 0 Å². The van der Waals surface area contributed by atoms with Gasteiger partial charge in [0, 0.05) is 48.1 Å². The molecule has 2 aromatic carbocycles. The fourth-order valence-electron chi connectivity index (χ4n) is 4.51. The number of pyridine rings is 1. The third-order valence-corrected chi connectivity index (χ3v) is 6.00. The molecule has 0 spiro atoms. The van der Waals surface area contributed by atoms with Crippen LogP contribution in [0.2, 0.25) is 0 Å². The fourth-order valence-corrected chi connectivity index (χ4v) is 4.51. The number of hydrogen-bond acceptors (Lipinski definition) is 6. The van der Waals surface area contributed by atoms with Crippen LogP contribution in [-0.2, 0) is 4.79 Å². The smallest absolute Gasteiger partial charge is 0.298 e. The Morgan fingerprint density at radius 3 is 2.69 bits per heavy atom. The number of carbonyl (C=O) groups is 1. The number of fused-ring (bicyclic) bond motifs is 1. The van der Waals surface area contributed by atoms with Crippen molar-refractivity contribution in [2.75, 3.05) is 12.3 Å². The zero-order valence-electron chi connectivity index (χ0n) is 19.3. The van der Waals surface area contributed by atoms with Crippen molar-refractivity contribution < 1.29 is 18.3 Å². The van der Waals surface area contributed by atoms with Crippen molar-refractivity contribution in [1.29, 1.82) is 0 Å². The van der Waals surface area contributed by atoms with Crippen LogP contribution in [0.15, 0.2) is 54.9 Å². The Labute approximate surface area is 206 Å². The molecule has 0 radical (unpaired) electrons. The largest absolute Gasteiger partial charge is 0.439 e. The van der Waals surface area contributed by atoms with Gasteiger partial charge in [-0.05, 0) is 49.4 Å². The summed E-state index contributed by atoms with van der Waals surface area (Å²) in [4.78, 5) is 26.7. The molecule has 7 nitrogen and oxygen atoms in total. The summed E-state index contributed by atoms with van der Waals surface area (Å²) in [6.45, 7) is 2.12. The Hall–Kier alpha value is -4.58. The van der Waals surface area contributed by atoms with Gasteiger partial charge in [-0.2, -0.15) is 0 Å². The number of anilines is 1. The van der Waals surface area contributed by atoms with Crippen LogP contribution in [0.3, 0.4) is 0 Å². The highest BCUT2D eigenvalue weighted by Crippen LogP contribution is 2.40. The van der Waals surface area contributed by atoms with E-state index in [1.165, 1.54) is 12.4 Å². The van der Waals surface area contributed by atoms with Gasteiger partial charge in [-0.25, -0.2) is 23.7 Å². The molecule has 5 rings (SSSR count). The summed E-state index contributed by atoms with van der Waals surface area (Å²) in [5.41, 5.74) is 7.06. The van der Waals surface area contributed by atoms with Crippen LogP contribution in [-0.4, -0.2) is 32.3 Å². The molecule has 0 bridgehead atoms. The number of nitrogens with zero attached hydrogens (tertiary/aromatic N) is 4. The molecular weight excluding hydrogens is 464 g/mol. The average Bonchev–Trinajstić information content (AvgIpc) is 3.34. The third kappa shape index (κ3) is 4.41. The second-order valence-corrected chi connectivity index (χ2v) is 8.30. The number of amides is 1. The van der Waals surface area contributed by atoms with Crippen LogP contribution < -0.4 is 10.5 Å². The lowest BCUT2D eigenvalue weighted by molar-refractivity contribution is -0.125. The summed E-state index contributed by atoms with van der Waals surface area (Å²) >= 11 is 0. The second-order valence-electron chi connectivity index (χ2n) is 8.30. The lowest BCUT2D eigenvalue weighted by Gasteiger charge is -2.24. The van der Waals surface area contributed by atoms with Gasteiger partial charge in [-0.1, -0.05) is 12.0 Å². The summed E-state index contributed by atoms with van der Waals surface area (Å²) < 4.78 is 36.1. The maximum absolute atomic E-state index is 15.3. The van der Waals surface area contributed by atoms with Gasteiger partial charge in [0.25, 0.3) is 5.91 Å². The van der Waals surface area contributed by atoms with Gasteiger partial charge < -0.3 is 15.4 Å². The Morgan fingerprint density at radius 1 is 1.17 bits per heavy atom. The van der Waals surface area contributed by atoms with Crippen molar-refractivity contribution in [3.05, 3.63) is 72.1 Å². The van der Waals surface area contributed by atoms with E-state index in [2.05, 4.69) is 26.8 Å². The standard InChI is InChI=1S/C27H21F2N5O2/c1-2-6-24(35)34-10-5-7-22(34)19-12-16(11-17-15-32-27(30)33-26(17)19)25-20(28)13-18(14-21(25)29)36-23-8-3-4-9-31-23/h3-4,8-9,11-15,22H,5,7,10H2,1H3,(H2,30,32,33). The predicted octanol–water partition coefficient (Wildman–Crippen LogP) is 5.03. The number of hydrogen-bond donors (Lipinski definition) is 1. The SMILES string of the molecule is CC#CC(=O)N1CCCC1c1cc(-c2c(F)cc(Oc3ccccn3)cc2F)cc2cnc(N)nc12. The van der Waals surface area contributed by atoms with Gasteiger partial charge in [0.15, 0.2) is 0 Å². The molecule has 2 aromatic heterocycles. The molecule has 1 saturated heterocycles. The highest BCUT2D eigenvalue weighted by atomic mass is 19.1. The van der Waals surface area contributed by atoms with Crippen molar-refractivity contribution in [3.63, 3.8) is 0 Å². The quantitative estimate of drug-likeness (QED) is 0.408. The molecule has 180 valence electrons. The second kappa shape index (κ2) is 9.58. The lowest BCUT2D eigenvalue weighted by atomic mass is 9.94. The zero-order chi connectivity index (χ0) is 25.2. The highest BCUT2D eigenvalue weighted by molar-refractivity contribution is 5.95. The van der Waals surface area contributed by atoms with Gasteiger partial charge in [-0.3, -0.25) is 4.79 Å². The molecular formula is C27H21F2N5O2. The van der Waals surface area contributed by atoms with Crippen LogP contribution in [0, 0.1) is 23.5 Å². The molecule has 36 heavy (non-hydrogen) atoms. The molecule has 9 heteroatoms. The Kier molecular flexibility index (Phi) is 6.17. The predicted molar refractivity (Wildman–Crippen MR) is 131 cm³/mol. The van der Waals surface area contributed by atoms with Crippen molar-refractivity contribution in [2.45, 2.75) is 25.8 Å². The van der Waals surface area contributed by atoms with Crippen LogP contribution in [0.4, 0.5) is 14.7 Å². The first-order valence-corrected chi connectivity index (χ1v) is 11.3. The fraction of sp³-hybridized carbons (Fsp3) is 0.185. The summed E-state index contributed by atoms with van der Waals surface area (Å²) in [6, 6.07) is 10.1. The normalized spacial score (nSPS) is 15.0. The van der Waals surface area contributed by atoms with Crippen molar-refractivity contribution >= 4 is 22.8 Å². The minimum atomic E-state index is -0.807. The van der Waals surface area contributed by atoms with Crippen LogP contribution in [0.5, 0.6) is 11.6 Å². The molecule has 1 fully saturated rings. The van der Waals surface area contributed by atoms with E-state index in [1.54, 1.807) is 42.2 Å². The number of benzene rings is 2. The van der Waals surface area contributed by atoms with Gasteiger partial charge in [-0.15, -0.1) is 0 Å². The van der Waals surface area contributed by atoms with E-state index in [0.29, 0.717) is 29.4 Å². The first-order chi connectivity index (χ1) is 17.4. The zero-order valence-corrected chi connectivity index (χ0v) is 19.3. The Bertz CT molecular complexity index is 1510. The van der Waals surface area contributed by atoms with Crippen LogP contribution >= 0.6 is 0 Å². The van der Waals surface area contributed by atoms with Crippen molar-refractivity contribution in [1.82, 2.24) is 19.9 Å². The molecule has 0 saturated carbocycles. The van der Waals surface area contributed by atoms with Crippen LogP contribution in [0.1, 0.15) is 31.4 Å². The van der Waals surface area contributed by atoms with Gasteiger partial charge in [0.05, 0.1) is 17.1 Å². The summed E-state index contributed by atoms with van der Waals surface area (Å²) in [7, 11) is 0. The maximum atomic E-state index is 15.3. The molecule has 1 unspecified atom stereocenters. The van der Waals surface area contributed by atoms with E-state index in [0.717, 1.165) is 18.6 Å². The topological polar surface area (TPSA) is 94.2 Å². The minimum Gasteiger partial charge on any atom is -0.439 e. The van der Waals surface area contributed by atoms with Gasteiger partial charge >= 0.3 is 0 Å². The number of carbonyl (C=O) groups excluding carboxylic acids is 1. The number of rotatable bonds is 4. The molecule has 0 aliphatic carbocycles. The van der Waals surface area contributed by atoms with E-state index in [9.17, 15) is 4.79 Å². The van der Waals surface area contributed by atoms with E-state index >= 15 is 8.78 Å². The highest BCUT2D eigenvalue weighted by Gasteiger charge is 2.31. The number of aromatic nitrogens is 3. The molecule has 4 aromatic rings. The minimum absolute atomic E-state index is 0.0183. The summed E-state index contributed by atoms with van der Waals surface area (Å²) in [5.74, 6) is 3.55. The maximum Gasteiger partial charge on any atom is 0.298 e. The van der Waals surface area contributed by atoms with E-state index < -0.39 is 11.6 Å². The van der Waals surface area contributed by atoms with Gasteiger partial charge in [0.1, 0.15) is 17.4 Å². The first kappa shape index (κ1) is 23.2. The Morgan fingerprint density at radius 2 is 1.97 bits per heavy atom. The molecule has 3 heterocycles. The van der Waals surface area contributed by atoms with Crippen LogP contribution in [0.25, 0.3) is 22.0 Å². The number of nitrogen functional groups attached to an aromatic ring is 1. The van der Waals surface area contributed by atoms with E-state index in [1.807, 2.05) is 0 Å². The number of ether oxygens (including phenoxy) is 1. The van der Waals surface area contributed by atoms with E-state index in [4.69, 9.17) is 10.5 Å². The molecule has 1 amide bonds. The number of nitrogens with two attached hydrogens (primary N) is 1. The molecule has 2 N–H and O–H groups in total. The third-order valence-electron chi connectivity index (χ3n) is 6.00. The lowest BCUT2D eigenvalue weighted by Crippen LogP contribution is -2.29. The molecule has 1 aliphatic rings. The Balaban J connectivity index is 1.62. The summed E-state index contributed by atoms with van der Waals surface area (Å²) in [5, 5.41) is 0.546.